The first-order valence-corrected chi connectivity index (χ1v) is 7.82. The average molecular weight is 301 g/mol. The van der Waals surface area contributed by atoms with Gasteiger partial charge in [-0.1, -0.05) is 12.1 Å². The van der Waals surface area contributed by atoms with Crippen LogP contribution in [-0.2, 0) is 9.53 Å². The predicted octanol–water partition coefficient (Wildman–Crippen LogP) is 1.66. The quantitative estimate of drug-likeness (QED) is 0.844. The van der Waals surface area contributed by atoms with E-state index in [9.17, 15) is 4.79 Å². The summed E-state index contributed by atoms with van der Waals surface area (Å²) in [7, 11) is 0. The van der Waals surface area contributed by atoms with Crippen LogP contribution in [0.2, 0.25) is 0 Å². The largest absolute Gasteiger partial charge is 0.423 e. The van der Waals surface area contributed by atoms with Crippen molar-refractivity contribution in [2.24, 2.45) is 0 Å². The molecule has 0 bridgehead atoms. The number of anilines is 1. The molecule has 0 aliphatic carbocycles. The van der Waals surface area contributed by atoms with E-state index in [1.165, 1.54) is 0 Å². The standard InChI is InChI=1S/C16H19N3O3/c20-15(14-6-3-11-21-14)18-7-9-19(10-8-18)16-17-12-4-1-2-5-13(12)22-16/h1-2,4-5,14H,3,6-11H2/t14-/m1/s1. The molecule has 22 heavy (non-hydrogen) atoms. The van der Waals surface area contributed by atoms with E-state index in [0.29, 0.717) is 25.7 Å². The van der Waals surface area contributed by atoms with Crippen LogP contribution >= 0.6 is 0 Å². The molecule has 1 aromatic heterocycles. The molecule has 6 heteroatoms. The first-order valence-electron chi connectivity index (χ1n) is 7.82. The van der Waals surface area contributed by atoms with Gasteiger partial charge in [-0.05, 0) is 25.0 Å². The Kier molecular flexibility index (Phi) is 3.46. The summed E-state index contributed by atoms with van der Waals surface area (Å²) in [6, 6.07) is 8.40. The number of benzene rings is 1. The van der Waals surface area contributed by atoms with Crippen LogP contribution < -0.4 is 4.90 Å². The highest BCUT2D eigenvalue weighted by atomic mass is 16.5. The van der Waals surface area contributed by atoms with Gasteiger partial charge in [-0.2, -0.15) is 4.98 Å². The van der Waals surface area contributed by atoms with Crippen LogP contribution in [0.15, 0.2) is 28.7 Å². The number of hydrogen-bond acceptors (Lipinski definition) is 5. The second kappa shape index (κ2) is 5.61. The summed E-state index contributed by atoms with van der Waals surface area (Å²) in [6.07, 6.45) is 1.61. The summed E-state index contributed by atoms with van der Waals surface area (Å²) < 4.78 is 11.3. The number of aromatic nitrogens is 1. The van der Waals surface area contributed by atoms with Gasteiger partial charge in [-0.3, -0.25) is 4.79 Å². The third-order valence-corrected chi connectivity index (χ3v) is 4.35. The number of oxazole rings is 1. The van der Waals surface area contributed by atoms with Crippen molar-refractivity contribution in [3.8, 4) is 0 Å². The van der Waals surface area contributed by atoms with Crippen LogP contribution in [0.1, 0.15) is 12.8 Å². The van der Waals surface area contributed by atoms with Crippen molar-refractivity contribution < 1.29 is 13.9 Å². The first kappa shape index (κ1) is 13.6. The predicted molar refractivity (Wildman–Crippen MR) is 81.8 cm³/mol. The monoisotopic (exact) mass is 301 g/mol. The molecule has 3 heterocycles. The summed E-state index contributed by atoms with van der Waals surface area (Å²) in [5.74, 6) is 0.134. The minimum atomic E-state index is -0.226. The number of carbonyl (C=O) groups is 1. The van der Waals surface area contributed by atoms with Gasteiger partial charge in [0.1, 0.15) is 11.6 Å². The Morgan fingerprint density at radius 3 is 2.73 bits per heavy atom. The zero-order chi connectivity index (χ0) is 14.9. The number of amides is 1. The van der Waals surface area contributed by atoms with Crippen LogP contribution in [0.3, 0.4) is 0 Å². The fourth-order valence-electron chi connectivity index (χ4n) is 3.09. The van der Waals surface area contributed by atoms with Crippen LogP contribution in [-0.4, -0.2) is 54.7 Å². The van der Waals surface area contributed by atoms with E-state index in [0.717, 1.165) is 37.0 Å². The lowest BCUT2D eigenvalue weighted by atomic mass is 10.2. The molecule has 2 saturated heterocycles. The second-order valence-corrected chi connectivity index (χ2v) is 5.78. The molecule has 0 spiro atoms. The van der Waals surface area contributed by atoms with Gasteiger partial charge in [0.2, 0.25) is 0 Å². The van der Waals surface area contributed by atoms with E-state index in [1.807, 2.05) is 29.2 Å². The molecular formula is C16H19N3O3. The van der Waals surface area contributed by atoms with Gasteiger partial charge in [-0.25, -0.2) is 0 Å². The number of para-hydroxylation sites is 2. The Morgan fingerprint density at radius 2 is 2.00 bits per heavy atom. The van der Waals surface area contributed by atoms with Crippen LogP contribution in [0, 0.1) is 0 Å². The van der Waals surface area contributed by atoms with Crippen molar-refractivity contribution in [1.82, 2.24) is 9.88 Å². The van der Waals surface area contributed by atoms with Gasteiger partial charge in [0.25, 0.3) is 11.9 Å². The van der Waals surface area contributed by atoms with E-state index < -0.39 is 0 Å². The highest BCUT2D eigenvalue weighted by Gasteiger charge is 2.31. The SMILES string of the molecule is O=C([C@H]1CCCO1)N1CCN(c2nc3ccccc3o2)CC1. The van der Waals surface area contributed by atoms with Crippen molar-refractivity contribution in [1.29, 1.82) is 0 Å². The molecule has 0 radical (unpaired) electrons. The minimum absolute atomic E-state index is 0.134. The number of carbonyl (C=O) groups excluding carboxylic acids is 1. The molecule has 1 atom stereocenters. The van der Waals surface area contributed by atoms with Crippen LogP contribution in [0.4, 0.5) is 6.01 Å². The Morgan fingerprint density at radius 1 is 1.18 bits per heavy atom. The van der Waals surface area contributed by atoms with E-state index in [4.69, 9.17) is 9.15 Å². The average Bonchev–Trinajstić information content (AvgIpc) is 3.23. The summed E-state index contributed by atoms with van der Waals surface area (Å²) in [4.78, 5) is 20.8. The molecule has 6 nitrogen and oxygen atoms in total. The number of hydrogen-bond donors (Lipinski definition) is 0. The molecule has 1 aromatic carbocycles. The number of rotatable bonds is 2. The maximum absolute atomic E-state index is 12.3. The molecule has 2 fully saturated rings. The number of fused-ring (bicyclic) bond motifs is 1. The fraction of sp³-hybridized carbons (Fsp3) is 0.500. The summed E-state index contributed by atoms with van der Waals surface area (Å²) in [5, 5.41) is 0. The minimum Gasteiger partial charge on any atom is -0.423 e. The van der Waals surface area contributed by atoms with Gasteiger partial charge in [0.05, 0.1) is 0 Å². The van der Waals surface area contributed by atoms with Crippen molar-refractivity contribution in [2.75, 3.05) is 37.7 Å². The Hall–Kier alpha value is -2.08. The zero-order valence-corrected chi connectivity index (χ0v) is 12.4. The van der Waals surface area contributed by atoms with Gasteiger partial charge >= 0.3 is 0 Å². The number of ether oxygens (including phenoxy) is 1. The molecule has 2 aliphatic heterocycles. The molecule has 2 aliphatic rings. The molecule has 1 amide bonds. The summed E-state index contributed by atoms with van der Waals surface area (Å²) in [5.41, 5.74) is 1.67. The van der Waals surface area contributed by atoms with Crippen molar-refractivity contribution >= 4 is 23.0 Å². The fourth-order valence-corrected chi connectivity index (χ4v) is 3.09. The van der Waals surface area contributed by atoms with E-state index in [2.05, 4.69) is 9.88 Å². The topological polar surface area (TPSA) is 58.8 Å². The van der Waals surface area contributed by atoms with Crippen molar-refractivity contribution in [2.45, 2.75) is 18.9 Å². The molecule has 116 valence electrons. The van der Waals surface area contributed by atoms with E-state index in [-0.39, 0.29) is 12.0 Å². The first-order chi connectivity index (χ1) is 10.8. The number of nitrogens with zero attached hydrogens (tertiary/aromatic N) is 3. The number of piperazine rings is 1. The normalized spacial score (nSPS) is 22.5. The lowest BCUT2D eigenvalue weighted by molar-refractivity contribution is -0.141. The lowest BCUT2D eigenvalue weighted by Gasteiger charge is -2.34. The third kappa shape index (κ3) is 2.43. The van der Waals surface area contributed by atoms with Crippen LogP contribution in [0.5, 0.6) is 0 Å². The molecule has 4 rings (SSSR count). The van der Waals surface area contributed by atoms with Crippen molar-refractivity contribution in [3.63, 3.8) is 0 Å². The van der Waals surface area contributed by atoms with E-state index in [1.54, 1.807) is 0 Å². The molecule has 0 saturated carbocycles. The molecule has 0 unspecified atom stereocenters. The molecular weight excluding hydrogens is 282 g/mol. The maximum Gasteiger partial charge on any atom is 0.298 e. The third-order valence-electron chi connectivity index (χ3n) is 4.35. The van der Waals surface area contributed by atoms with E-state index >= 15 is 0 Å². The van der Waals surface area contributed by atoms with Gasteiger partial charge < -0.3 is 19.0 Å². The Bertz CT molecular complexity index is 637. The van der Waals surface area contributed by atoms with Gasteiger partial charge in [0.15, 0.2) is 5.58 Å². The van der Waals surface area contributed by atoms with Crippen LogP contribution in [0.25, 0.3) is 11.1 Å². The van der Waals surface area contributed by atoms with Gasteiger partial charge in [0, 0.05) is 32.8 Å². The summed E-state index contributed by atoms with van der Waals surface area (Å²) >= 11 is 0. The highest BCUT2D eigenvalue weighted by molar-refractivity contribution is 5.81. The van der Waals surface area contributed by atoms with Gasteiger partial charge in [-0.15, -0.1) is 0 Å². The molecule has 0 N–H and O–H groups in total. The zero-order valence-electron chi connectivity index (χ0n) is 12.4. The van der Waals surface area contributed by atoms with Crippen molar-refractivity contribution in [3.05, 3.63) is 24.3 Å². The molecule has 2 aromatic rings. The highest BCUT2D eigenvalue weighted by Crippen LogP contribution is 2.23. The maximum atomic E-state index is 12.3. The second-order valence-electron chi connectivity index (χ2n) is 5.78. The summed E-state index contributed by atoms with van der Waals surface area (Å²) in [6.45, 7) is 3.57. The smallest absolute Gasteiger partial charge is 0.298 e. The Labute approximate surface area is 128 Å². The Balaban J connectivity index is 1.41. The lowest BCUT2D eigenvalue weighted by Crippen LogP contribution is -2.51.